The molecule has 1 aliphatic heterocycles. The fourth-order valence-electron chi connectivity index (χ4n) is 2.62. The number of aliphatic imine (C=N–C) groups is 1. The quantitative estimate of drug-likeness (QED) is 0.253. The first-order valence-corrected chi connectivity index (χ1v) is 10.9. The van der Waals surface area contributed by atoms with E-state index >= 15 is 0 Å². The lowest BCUT2D eigenvalue weighted by Crippen LogP contribution is -2.48. The second-order valence-electron chi connectivity index (χ2n) is 8.10. The third kappa shape index (κ3) is 6.61. The molecule has 0 aromatic carbocycles. The number of amidine groups is 1. The molecule has 0 aromatic rings. The van der Waals surface area contributed by atoms with Gasteiger partial charge in [0.05, 0.1) is 6.61 Å². The van der Waals surface area contributed by atoms with Gasteiger partial charge in [-0.05, 0) is 33.6 Å². The Labute approximate surface area is 179 Å². The third-order valence-electron chi connectivity index (χ3n) is 4.38. The standard InChI is InChI=1S/C19H29N3O7S/c1-5-6-10-27-15(25)19(8-7-9-19)29-22-13(14(23)24)12-11-30-16(20-12)21-17(26)28-18(2,3)4/h12H,5-11H2,1-4H3,(H,23,24)(H,20,21,26)/b22-13-. The Morgan fingerprint density at radius 2 is 2.03 bits per heavy atom. The minimum absolute atomic E-state index is 0.237. The number of carbonyl (C=O) groups excluding carboxylic acids is 2. The SMILES string of the molecule is CCCCOC(=O)C1(O/N=C(\C(=O)O)C2CSC(NC(=O)OC(C)(C)C)=N2)CCC1. The number of nitrogens with one attached hydrogen (secondary N) is 1. The van der Waals surface area contributed by atoms with Gasteiger partial charge in [-0.3, -0.25) is 10.3 Å². The fraction of sp³-hybridized carbons (Fsp3) is 0.737. The molecule has 0 saturated heterocycles. The molecule has 1 saturated carbocycles. The zero-order chi connectivity index (χ0) is 22.4. The van der Waals surface area contributed by atoms with Crippen molar-refractivity contribution in [3.8, 4) is 0 Å². The van der Waals surface area contributed by atoms with E-state index in [0.717, 1.165) is 19.3 Å². The number of carboxylic acid groups (broad SMARTS) is 1. The molecule has 0 spiro atoms. The van der Waals surface area contributed by atoms with Crippen molar-refractivity contribution >= 4 is 40.7 Å². The Balaban J connectivity index is 2.03. The maximum atomic E-state index is 12.4. The number of esters is 1. The molecule has 2 rings (SSSR count). The number of thioether (sulfide) groups is 1. The topological polar surface area (TPSA) is 136 Å². The fourth-order valence-corrected chi connectivity index (χ4v) is 3.53. The van der Waals surface area contributed by atoms with Crippen molar-refractivity contribution in [3.05, 3.63) is 0 Å². The van der Waals surface area contributed by atoms with E-state index in [-0.39, 0.29) is 16.6 Å². The molecule has 1 amide bonds. The number of aliphatic carboxylic acids is 1. The smallest absolute Gasteiger partial charge is 0.413 e. The summed E-state index contributed by atoms with van der Waals surface area (Å²) >= 11 is 1.17. The minimum Gasteiger partial charge on any atom is -0.477 e. The molecule has 1 aliphatic carbocycles. The number of nitrogens with zero attached hydrogens (tertiary/aromatic N) is 2. The second kappa shape index (κ2) is 10.1. The van der Waals surface area contributed by atoms with Gasteiger partial charge < -0.3 is 19.4 Å². The van der Waals surface area contributed by atoms with Crippen molar-refractivity contribution in [2.75, 3.05) is 12.4 Å². The number of carbonyl (C=O) groups is 3. The van der Waals surface area contributed by atoms with Gasteiger partial charge in [0.1, 0.15) is 11.6 Å². The highest BCUT2D eigenvalue weighted by Crippen LogP contribution is 2.37. The average molecular weight is 444 g/mol. The number of unbranched alkanes of at least 4 members (excludes halogenated alkanes) is 1. The van der Waals surface area contributed by atoms with Crippen LogP contribution in [0.2, 0.25) is 0 Å². The van der Waals surface area contributed by atoms with Gasteiger partial charge in [-0.2, -0.15) is 0 Å². The average Bonchev–Trinajstić information content (AvgIpc) is 3.03. The number of carboxylic acids is 1. The van der Waals surface area contributed by atoms with Crippen LogP contribution in [0.1, 0.15) is 59.8 Å². The van der Waals surface area contributed by atoms with E-state index in [1.165, 1.54) is 11.8 Å². The lowest BCUT2D eigenvalue weighted by Gasteiger charge is -2.36. The summed E-state index contributed by atoms with van der Waals surface area (Å²) in [4.78, 5) is 45.5. The van der Waals surface area contributed by atoms with Crippen LogP contribution in [0, 0.1) is 0 Å². The van der Waals surface area contributed by atoms with E-state index < -0.39 is 35.3 Å². The molecule has 2 aliphatic rings. The van der Waals surface area contributed by atoms with Gasteiger partial charge in [0.25, 0.3) is 0 Å². The summed E-state index contributed by atoms with van der Waals surface area (Å²) in [5.74, 6) is -1.57. The monoisotopic (exact) mass is 443 g/mol. The van der Waals surface area contributed by atoms with Gasteiger partial charge in [-0.1, -0.05) is 30.3 Å². The minimum atomic E-state index is -1.31. The van der Waals surface area contributed by atoms with Crippen LogP contribution in [-0.4, -0.2) is 63.6 Å². The number of hydrogen-bond acceptors (Lipinski definition) is 9. The van der Waals surface area contributed by atoms with Crippen LogP contribution in [0.4, 0.5) is 4.79 Å². The van der Waals surface area contributed by atoms with Crippen LogP contribution in [0.25, 0.3) is 0 Å². The van der Waals surface area contributed by atoms with Gasteiger partial charge in [0.2, 0.25) is 5.60 Å². The van der Waals surface area contributed by atoms with E-state index in [1.807, 2.05) is 6.92 Å². The number of ether oxygens (including phenoxy) is 2. The van der Waals surface area contributed by atoms with Crippen LogP contribution >= 0.6 is 11.8 Å². The predicted octanol–water partition coefficient (Wildman–Crippen LogP) is 2.71. The van der Waals surface area contributed by atoms with Crippen LogP contribution < -0.4 is 5.32 Å². The lowest BCUT2D eigenvalue weighted by atomic mass is 9.80. The molecule has 1 fully saturated rings. The molecule has 1 unspecified atom stereocenters. The summed E-state index contributed by atoms with van der Waals surface area (Å²) < 4.78 is 10.4. The molecule has 30 heavy (non-hydrogen) atoms. The second-order valence-corrected chi connectivity index (χ2v) is 9.11. The van der Waals surface area contributed by atoms with Crippen molar-refractivity contribution < 1.29 is 33.8 Å². The molecular weight excluding hydrogens is 414 g/mol. The summed E-state index contributed by atoms with van der Waals surface area (Å²) in [6, 6.07) is -0.828. The van der Waals surface area contributed by atoms with Gasteiger partial charge in [-0.25, -0.2) is 14.4 Å². The summed E-state index contributed by atoms with van der Waals surface area (Å²) in [5.41, 5.74) is -2.24. The number of oxime groups is 1. The largest absolute Gasteiger partial charge is 0.477 e. The molecule has 10 nitrogen and oxygen atoms in total. The van der Waals surface area contributed by atoms with E-state index in [0.29, 0.717) is 19.4 Å². The molecule has 1 atom stereocenters. The Morgan fingerprint density at radius 1 is 1.33 bits per heavy atom. The highest BCUT2D eigenvalue weighted by molar-refractivity contribution is 8.14. The summed E-state index contributed by atoms with van der Waals surface area (Å²) in [5, 5.41) is 16.0. The van der Waals surface area contributed by atoms with Crippen LogP contribution in [0.15, 0.2) is 10.1 Å². The molecule has 168 valence electrons. The zero-order valence-electron chi connectivity index (χ0n) is 17.7. The molecule has 11 heteroatoms. The van der Waals surface area contributed by atoms with Crippen molar-refractivity contribution in [2.24, 2.45) is 10.1 Å². The van der Waals surface area contributed by atoms with Crippen molar-refractivity contribution in [3.63, 3.8) is 0 Å². The van der Waals surface area contributed by atoms with Crippen molar-refractivity contribution in [2.45, 2.75) is 77.0 Å². The Kier molecular flexibility index (Phi) is 8.10. The maximum absolute atomic E-state index is 12.4. The van der Waals surface area contributed by atoms with Gasteiger partial charge in [0.15, 0.2) is 10.9 Å². The molecule has 0 radical (unpaired) electrons. The third-order valence-corrected chi connectivity index (χ3v) is 5.34. The number of rotatable bonds is 8. The van der Waals surface area contributed by atoms with Crippen LogP contribution in [0.3, 0.4) is 0 Å². The van der Waals surface area contributed by atoms with Gasteiger partial charge in [0, 0.05) is 18.6 Å². The van der Waals surface area contributed by atoms with Crippen LogP contribution in [-0.2, 0) is 23.9 Å². The normalized spacial score (nSPS) is 20.6. The first-order valence-electron chi connectivity index (χ1n) is 9.93. The van der Waals surface area contributed by atoms with E-state index in [9.17, 15) is 19.5 Å². The molecule has 2 N–H and O–H groups in total. The summed E-state index contributed by atoms with van der Waals surface area (Å²) in [7, 11) is 0. The summed E-state index contributed by atoms with van der Waals surface area (Å²) in [6.07, 6.45) is 2.56. The first kappa shape index (κ1) is 24.0. The zero-order valence-corrected chi connectivity index (χ0v) is 18.5. The Morgan fingerprint density at radius 3 is 2.57 bits per heavy atom. The molecule has 0 aromatic heterocycles. The van der Waals surface area contributed by atoms with E-state index in [4.69, 9.17) is 14.3 Å². The van der Waals surface area contributed by atoms with Gasteiger partial charge in [-0.15, -0.1) is 0 Å². The Bertz CT molecular complexity index is 726. The van der Waals surface area contributed by atoms with Crippen LogP contribution in [0.5, 0.6) is 0 Å². The first-order chi connectivity index (χ1) is 14.1. The molecular formula is C19H29N3O7S. The van der Waals surface area contributed by atoms with Crippen molar-refractivity contribution in [1.29, 1.82) is 0 Å². The van der Waals surface area contributed by atoms with E-state index in [1.54, 1.807) is 20.8 Å². The number of alkyl carbamates (subject to hydrolysis) is 1. The maximum Gasteiger partial charge on any atom is 0.413 e. The molecule has 1 heterocycles. The highest BCUT2D eigenvalue weighted by Gasteiger charge is 2.49. The Hall–Kier alpha value is -2.30. The summed E-state index contributed by atoms with van der Waals surface area (Å²) in [6.45, 7) is 7.47. The van der Waals surface area contributed by atoms with Gasteiger partial charge >= 0.3 is 18.0 Å². The predicted molar refractivity (Wildman–Crippen MR) is 112 cm³/mol. The van der Waals surface area contributed by atoms with E-state index in [2.05, 4.69) is 15.5 Å². The number of hydrogen-bond donors (Lipinski definition) is 2. The highest BCUT2D eigenvalue weighted by atomic mass is 32.2. The lowest BCUT2D eigenvalue weighted by molar-refractivity contribution is -0.185. The molecule has 0 bridgehead atoms. The number of amides is 1. The van der Waals surface area contributed by atoms with Crippen molar-refractivity contribution in [1.82, 2.24) is 5.32 Å².